The summed E-state index contributed by atoms with van der Waals surface area (Å²) in [5.41, 5.74) is 3.49. The number of carbonyl (C=O) groups excluding carboxylic acids is 1. The number of carbonyl (C=O) groups is 1. The Hall–Kier alpha value is -2.51. The van der Waals surface area contributed by atoms with E-state index in [2.05, 4.69) is 10.5 Å². The van der Waals surface area contributed by atoms with E-state index in [1.165, 1.54) is 22.7 Å². The molecule has 2 rings (SSSR count). The number of hydrogen-bond acceptors (Lipinski definition) is 4. The standard InChI is InChI=1S/C18H21N3O3S/c1-3-21(4-2)25(23,24)17-12-8-11-16(13-17)18(22)20-19-14-15-9-6-5-7-10-15/h5-14H,3-4H2,1-2H3,(H,20,22)/b19-14-. The van der Waals surface area contributed by atoms with E-state index in [0.717, 1.165) is 5.56 Å². The van der Waals surface area contributed by atoms with Crippen LogP contribution in [-0.4, -0.2) is 37.9 Å². The minimum atomic E-state index is -3.61. The normalized spacial score (nSPS) is 11.8. The lowest BCUT2D eigenvalue weighted by atomic mass is 10.2. The average molecular weight is 359 g/mol. The lowest BCUT2D eigenvalue weighted by Gasteiger charge is -2.18. The van der Waals surface area contributed by atoms with Crippen molar-refractivity contribution < 1.29 is 13.2 Å². The third-order valence-electron chi connectivity index (χ3n) is 3.62. The van der Waals surface area contributed by atoms with Crippen LogP contribution in [0.5, 0.6) is 0 Å². The van der Waals surface area contributed by atoms with Gasteiger partial charge < -0.3 is 0 Å². The van der Waals surface area contributed by atoms with Crippen molar-refractivity contribution in [3.05, 3.63) is 65.7 Å². The van der Waals surface area contributed by atoms with Crippen LogP contribution in [-0.2, 0) is 10.0 Å². The maximum Gasteiger partial charge on any atom is 0.271 e. The highest BCUT2D eigenvalue weighted by Crippen LogP contribution is 2.17. The number of nitrogens with zero attached hydrogens (tertiary/aromatic N) is 2. The van der Waals surface area contributed by atoms with Crippen LogP contribution in [0.1, 0.15) is 29.8 Å². The van der Waals surface area contributed by atoms with Gasteiger partial charge in [-0.3, -0.25) is 4.79 Å². The monoisotopic (exact) mass is 359 g/mol. The highest BCUT2D eigenvalue weighted by Gasteiger charge is 2.22. The molecule has 0 bridgehead atoms. The molecular weight excluding hydrogens is 338 g/mol. The predicted octanol–water partition coefficient (Wildman–Crippen LogP) is 2.48. The molecule has 0 atom stereocenters. The number of nitrogens with one attached hydrogen (secondary N) is 1. The van der Waals surface area contributed by atoms with Gasteiger partial charge in [0, 0.05) is 18.7 Å². The van der Waals surface area contributed by atoms with Gasteiger partial charge in [-0.25, -0.2) is 13.8 Å². The van der Waals surface area contributed by atoms with Gasteiger partial charge >= 0.3 is 0 Å². The van der Waals surface area contributed by atoms with Gasteiger partial charge in [-0.15, -0.1) is 0 Å². The van der Waals surface area contributed by atoms with Gasteiger partial charge in [0.25, 0.3) is 5.91 Å². The molecule has 25 heavy (non-hydrogen) atoms. The summed E-state index contributed by atoms with van der Waals surface area (Å²) < 4.78 is 26.4. The molecule has 0 heterocycles. The molecule has 6 nitrogen and oxygen atoms in total. The zero-order valence-corrected chi connectivity index (χ0v) is 15.0. The first-order valence-corrected chi connectivity index (χ1v) is 9.41. The number of sulfonamides is 1. The molecule has 0 aliphatic carbocycles. The van der Waals surface area contributed by atoms with Crippen LogP contribution in [0.25, 0.3) is 0 Å². The Kier molecular flexibility index (Phi) is 6.44. The molecule has 1 amide bonds. The maximum atomic E-state index is 12.5. The minimum absolute atomic E-state index is 0.0934. The number of benzene rings is 2. The van der Waals surface area contributed by atoms with Gasteiger partial charge in [0.2, 0.25) is 10.0 Å². The highest BCUT2D eigenvalue weighted by atomic mass is 32.2. The van der Waals surface area contributed by atoms with E-state index in [0.29, 0.717) is 13.1 Å². The second-order valence-electron chi connectivity index (χ2n) is 5.23. The Labute approximate surface area is 148 Å². The third-order valence-corrected chi connectivity index (χ3v) is 5.66. The molecule has 0 saturated carbocycles. The lowest BCUT2D eigenvalue weighted by Crippen LogP contribution is -2.30. The van der Waals surface area contributed by atoms with Crippen molar-refractivity contribution in [1.82, 2.24) is 9.73 Å². The third kappa shape index (κ3) is 4.74. The van der Waals surface area contributed by atoms with Crippen molar-refractivity contribution in [2.45, 2.75) is 18.7 Å². The minimum Gasteiger partial charge on any atom is -0.267 e. The Bertz CT molecular complexity index is 845. The van der Waals surface area contributed by atoms with E-state index in [4.69, 9.17) is 0 Å². The highest BCUT2D eigenvalue weighted by molar-refractivity contribution is 7.89. The van der Waals surface area contributed by atoms with E-state index < -0.39 is 15.9 Å². The topological polar surface area (TPSA) is 78.8 Å². The quantitative estimate of drug-likeness (QED) is 0.609. The molecule has 7 heteroatoms. The van der Waals surface area contributed by atoms with Gasteiger partial charge in [0.05, 0.1) is 11.1 Å². The Morgan fingerprint density at radius 3 is 2.40 bits per heavy atom. The molecule has 0 spiro atoms. The summed E-state index contributed by atoms with van der Waals surface area (Å²) in [4.78, 5) is 12.3. The zero-order valence-electron chi connectivity index (χ0n) is 14.2. The molecule has 0 aliphatic rings. The first kappa shape index (κ1) is 18.8. The van der Waals surface area contributed by atoms with Crippen molar-refractivity contribution in [3.8, 4) is 0 Å². The Balaban J connectivity index is 2.15. The summed E-state index contributed by atoms with van der Waals surface area (Å²) in [6.45, 7) is 4.29. The van der Waals surface area contributed by atoms with Gasteiger partial charge in [-0.2, -0.15) is 9.41 Å². The summed E-state index contributed by atoms with van der Waals surface area (Å²) in [6, 6.07) is 15.3. The molecule has 2 aromatic carbocycles. The summed E-state index contributed by atoms with van der Waals surface area (Å²) in [7, 11) is -3.61. The summed E-state index contributed by atoms with van der Waals surface area (Å²) >= 11 is 0. The lowest BCUT2D eigenvalue weighted by molar-refractivity contribution is 0.0955. The Morgan fingerprint density at radius 1 is 1.08 bits per heavy atom. The number of hydrazone groups is 1. The molecule has 0 aliphatic heterocycles. The average Bonchev–Trinajstić information content (AvgIpc) is 2.63. The van der Waals surface area contributed by atoms with Crippen molar-refractivity contribution in [3.63, 3.8) is 0 Å². The van der Waals surface area contributed by atoms with Crippen LogP contribution in [0.2, 0.25) is 0 Å². The van der Waals surface area contributed by atoms with Crippen LogP contribution in [0.15, 0.2) is 64.6 Å². The van der Waals surface area contributed by atoms with Crippen LogP contribution in [0.4, 0.5) is 0 Å². The van der Waals surface area contributed by atoms with Crippen LogP contribution in [0.3, 0.4) is 0 Å². The summed E-state index contributed by atoms with van der Waals surface area (Å²) in [5.74, 6) is -0.469. The van der Waals surface area contributed by atoms with Gasteiger partial charge in [-0.05, 0) is 23.8 Å². The molecule has 0 radical (unpaired) electrons. The molecular formula is C18H21N3O3S. The SMILES string of the molecule is CCN(CC)S(=O)(=O)c1cccc(C(=O)N/N=C\c2ccccc2)c1. The van der Waals surface area contributed by atoms with Crippen LogP contribution < -0.4 is 5.43 Å². The van der Waals surface area contributed by atoms with Crippen molar-refractivity contribution >= 4 is 22.1 Å². The van der Waals surface area contributed by atoms with E-state index >= 15 is 0 Å². The number of hydrogen-bond donors (Lipinski definition) is 1. The molecule has 2 aromatic rings. The van der Waals surface area contributed by atoms with E-state index in [1.807, 2.05) is 30.3 Å². The molecule has 132 valence electrons. The van der Waals surface area contributed by atoms with Crippen molar-refractivity contribution in [2.75, 3.05) is 13.1 Å². The molecule has 0 aromatic heterocycles. The predicted molar refractivity (Wildman–Crippen MR) is 98.1 cm³/mol. The number of rotatable bonds is 7. The van der Waals surface area contributed by atoms with Gasteiger partial charge in [0.15, 0.2) is 0 Å². The smallest absolute Gasteiger partial charge is 0.267 e. The zero-order chi connectivity index (χ0) is 18.3. The Morgan fingerprint density at radius 2 is 1.76 bits per heavy atom. The van der Waals surface area contributed by atoms with Crippen molar-refractivity contribution in [1.29, 1.82) is 0 Å². The van der Waals surface area contributed by atoms with Gasteiger partial charge in [-0.1, -0.05) is 50.2 Å². The summed E-state index contributed by atoms with van der Waals surface area (Å²) in [5, 5.41) is 3.89. The molecule has 0 fully saturated rings. The van der Waals surface area contributed by atoms with E-state index in [9.17, 15) is 13.2 Å². The fourth-order valence-corrected chi connectivity index (χ4v) is 3.78. The molecule has 1 N–H and O–H groups in total. The maximum absolute atomic E-state index is 12.5. The van der Waals surface area contributed by atoms with Crippen molar-refractivity contribution in [2.24, 2.45) is 5.10 Å². The second kappa shape index (κ2) is 8.55. The molecule has 0 unspecified atom stereocenters. The number of amides is 1. The van der Waals surface area contributed by atoms with E-state index in [1.54, 1.807) is 26.0 Å². The summed E-state index contributed by atoms with van der Waals surface area (Å²) in [6.07, 6.45) is 1.52. The fraction of sp³-hybridized carbons (Fsp3) is 0.222. The van der Waals surface area contributed by atoms with E-state index in [-0.39, 0.29) is 10.5 Å². The van der Waals surface area contributed by atoms with Gasteiger partial charge in [0.1, 0.15) is 0 Å². The van der Waals surface area contributed by atoms with Crippen LogP contribution >= 0.6 is 0 Å². The largest absolute Gasteiger partial charge is 0.271 e. The van der Waals surface area contributed by atoms with Crippen LogP contribution in [0, 0.1) is 0 Å². The first-order valence-electron chi connectivity index (χ1n) is 7.97. The molecule has 0 saturated heterocycles. The first-order chi connectivity index (χ1) is 12.0. The fourth-order valence-electron chi connectivity index (χ4n) is 2.28. The second-order valence-corrected chi connectivity index (χ2v) is 7.16.